The molecule has 6 heteroatoms. The molecule has 1 aromatic rings. The summed E-state index contributed by atoms with van der Waals surface area (Å²) in [6, 6.07) is 6.35. The molecule has 1 aromatic carbocycles. The maximum Gasteiger partial charge on any atom is 0.389 e. The molecule has 1 aliphatic rings. The number of carbonyl (C=O) groups is 1. The van der Waals surface area contributed by atoms with Crippen molar-refractivity contribution in [2.75, 3.05) is 5.32 Å². The average Bonchev–Trinajstić information content (AvgIpc) is 3.07. The monoisotopic (exact) mass is 272 g/mol. The fourth-order valence-electron chi connectivity index (χ4n) is 1.66. The number of nitrogens with one attached hydrogen (secondary N) is 1. The van der Waals surface area contributed by atoms with E-state index in [-0.39, 0.29) is 12.3 Å². The van der Waals surface area contributed by atoms with E-state index >= 15 is 0 Å². The van der Waals surface area contributed by atoms with Crippen molar-refractivity contribution in [3.05, 3.63) is 29.8 Å². The van der Waals surface area contributed by atoms with Crippen molar-refractivity contribution in [3.63, 3.8) is 0 Å². The molecule has 0 radical (unpaired) electrons. The van der Waals surface area contributed by atoms with E-state index in [4.69, 9.17) is 5.73 Å². The maximum atomic E-state index is 12.1. The van der Waals surface area contributed by atoms with E-state index in [0.717, 1.165) is 0 Å². The topological polar surface area (TPSA) is 55.1 Å². The first-order valence-corrected chi connectivity index (χ1v) is 6.05. The molecular formula is C13H15F3N2O. The summed E-state index contributed by atoms with van der Waals surface area (Å²) >= 11 is 0. The van der Waals surface area contributed by atoms with Gasteiger partial charge in [-0.3, -0.25) is 4.79 Å². The molecule has 0 aliphatic heterocycles. The second kappa shape index (κ2) is 4.85. The molecule has 104 valence electrons. The van der Waals surface area contributed by atoms with E-state index in [0.29, 0.717) is 24.1 Å². The van der Waals surface area contributed by atoms with Crippen molar-refractivity contribution in [2.45, 2.75) is 37.4 Å². The molecule has 1 amide bonds. The van der Waals surface area contributed by atoms with Gasteiger partial charge in [0.15, 0.2) is 0 Å². The number of hydrogen-bond acceptors (Lipinski definition) is 2. The van der Waals surface area contributed by atoms with Gasteiger partial charge >= 0.3 is 6.18 Å². The number of benzene rings is 1. The molecule has 3 nitrogen and oxygen atoms in total. The predicted octanol–water partition coefficient (Wildman–Crippen LogP) is 2.61. The Bertz CT molecular complexity index is 464. The molecule has 1 aliphatic carbocycles. The van der Waals surface area contributed by atoms with Crippen LogP contribution in [0, 0.1) is 0 Å². The van der Waals surface area contributed by atoms with Gasteiger partial charge in [-0.25, -0.2) is 0 Å². The summed E-state index contributed by atoms with van der Waals surface area (Å²) in [7, 11) is 0. The van der Waals surface area contributed by atoms with Crippen molar-refractivity contribution >= 4 is 11.6 Å². The van der Waals surface area contributed by atoms with Crippen LogP contribution < -0.4 is 11.1 Å². The van der Waals surface area contributed by atoms with Gasteiger partial charge in [0.25, 0.3) is 0 Å². The number of anilines is 1. The molecule has 0 aromatic heterocycles. The van der Waals surface area contributed by atoms with Crippen LogP contribution >= 0.6 is 0 Å². The van der Waals surface area contributed by atoms with Crippen molar-refractivity contribution in [1.82, 2.24) is 0 Å². The van der Waals surface area contributed by atoms with E-state index in [9.17, 15) is 18.0 Å². The smallest absolute Gasteiger partial charge is 0.324 e. The normalized spacial score (nSPS) is 17.1. The Kier molecular flexibility index (Phi) is 3.54. The minimum atomic E-state index is -4.15. The van der Waals surface area contributed by atoms with Gasteiger partial charge in [0, 0.05) is 12.1 Å². The molecular weight excluding hydrogens is 257 g/mol. The van der Waals surface area contributed by atoms with Gasteiger partial charge in [-0.1, -0.05) is 12.1 Å². The minimum Gasteiger partial charge on any atom is -0.324 e. The first kappa shape index (κ1) is 13.9. The van der Waals surface area contributed by atoms with Gasteiger partial charge < -0.3 is 11.1 Å². The van der Waals surface area contributed by atoms with Crippen molar-refractivity contribution in [2.24, 2.45) is 5.73 Å². The highest BCUT2D eigenvalue weighted by atomic mass is 19.4. The molecule has 2 rings (SSSR count). The summed E-state index contributed by atoms with van der Waals surface area (Å²) in [6.45, 7) is 0. The molecule has 1 fully saturated rings. The van der Waals surface area contributed by atoms with Gasteiger partial charge in [0.05, 0.1) is 5.54 Å². The molecule has 0 atom stereocenters. The zero-order valence-electron chi connectivity index (χ0n) is 10.3. The number of halogens is 3. The van der Waals surface area contributed by atoms with E-state index in [1.807, 2.05) is 0 Å². The second-order valence-electron chi connectivity index (χ2n) is 4.92. The number of alkyl halides is 3. The van der Waals surface area contributed by atoms with Crippen LogP contribution in [0.5, 0.6) is 0 Å². The summed E-state index contributed by atoms with van der Waals surface area (Å²) in [6.07, 6.45) is -3.71. The lowest BCUT2D eigenvalue weighted by Crippen LogP contribution is -2.37. The third kappa shape index (κ3) is 3.96. The standard InChI is InChI=1S/C13H15F3N2O/c14-13(15,16)6-5-9-1-3-10(4-2-9)18-11(19)12(17)7-8-12/h1-4H,5-8,17H2,(H,18,19). The van der Waals surface area contributed by atoms with Crippen molar-refractivity contribution < 1.29 is 18.0 Å². The second-order valence-corrected chi connectivity index (χ2v) is 4.92. The molecule has 0 unspecified atom stereocenters. The largest absolute Gasteiger partial charge is 0.389 e. The van der Waals surface area contributed by atoms with Gasteiger partial charge in [-0.2, -0.15) is 13.2 Å². The van der Waals surface area contributed by atoms with E-state index in [2.05, 4.69) is 5.32 Å². The van der Waals surface area contributed by atoms with Crippen LogP contribution in [0.1, 0.15) is 24.8 Å². The molecule has 0 heterocycles. The molecule has 3 N–H and O–H groups in total. The lowest BCUT2D eigenvalue weighted by atomic mass is 10.1. The fourth-order valence-corrected chi connectivity index (χ4v) is 1.66. The molecule has 19 heavy (non-hydrogen) atoms. The third-order valence-corrected chi connectivity index (χ3v) is 3.15. The average molecular weight is 272 g/mol. The van der Waals surface area contributed by atoms with Crippen LogP contribution in [-0.2, 0) is 11.2 Å². The number of amides is 1. The predicted molar refractivity (Wildman–Crippen MR) is 65.6 cm³/mol. The van der Waals surface area contributed by atoms with E-state index in [1.165, 1.54) is 0 Å². The number of rotatable bonds is 4. The molecule has 0 bridgehead atoms. The lowest BCUT2D eigenvalue weighted by molar-refractivity contribution is -0.134. The van der Waals surface area contributed by atoms with Crippen molar-refractivity contribution in [3.8, 4) is 0 Å². The van der Waals surface area contributed by atoms with Crippen LogP contribution in [0.4, 0.5) is 18.9 Å². The quantitative estimate of drug-likeness (QED) is 0.885. The lowest BCUT2D eigenvalue weighted by Gasteiger charge is -2.11. The Labute approximate surface area is 109 Å². The fraction of sp³-hybridized carbons (Fsp3) is 0.462. The van der Waals surface area contributed by atoms with Crippen LogP contribution in [0.25, 0.3) is 0 Å². The number of aryl methyl sites for hydroxylation is 1. The number of carbonyl (C=O) groups excluding carboxylic acids is 1. The Morgan fingerprint density at radius 1 is 1.26 bits per heavy atom. The highest BCUT2D eigenvalue weighted by molar-refractivity contribution is 6.00. The van der Waals surface area contributed by atoms with E-state index in [1.54, 1.807) is 24.3 Å². The Morgan fingerprint density at radius 2 is 1.84 bits per heavy atom. The summed E-state index contributed by atoms with van der Waals surface area (Å²) < 4.78 is 36.2. The highest BCUT2D eigenvalue weighted by Crippen LogP contribution is 2.33. The summed E-state index contributed by atoms with van der Waals surface area (Å²) in [5.74, 6) is -0.240. The Morgan fingerprint density at radius 3 is 2.32 bits per heavy atom. The minimum absolute atomic E-state index is 0.0570. The van der Waals surface area contributed by atoms with Crippen LogP contribution in [0.3, 0.4) is 0 Å². The maximum absolute atomic E-state index is 12.1. The molecule has 1 saturated carbocycles. The summed E-state index contributed by atoms with van der Waals surface area (Å²) in [5, 5.41) is 2.66. The number of hydrogen-bond donors (Lipinski definition) is 2. The van der Waals surface area contributed by atoms with Crippen LogP contribution in [0.15, 0.2) is 24.3 Å². The van der Waals surface area contributed by atoms with Gasteiger partial charge in [-0.05, 0) is 37.0 Å². The SMILES string of the molecule is NC1(C(=O)Nc2ccc(CCC(F)(F)F)cc2)CC1. The summed E-state index contributed by atoms with van der Waals surface area (Å²) in [4.78, 5) is 11.7. The summed E-state index contributed by atoms with van der Waals surface area (Å²) in [5.41, 5.74) is 6.11. The van der Waals surface area contributed by atoms with Gasteiger partial charge in [0.1, 0.15) is 0 Å². The van der Waals surface area contributed by atoms with Gasteiger partial charge in [0.2, 0.25) is 5.91 Å². The zero-order valence-corrected chi connectivity index (χ0v) is 10.3. The zero-order chi connectivity index (χ0) is 14.1. The van der Waals surface area contributed by atoms with E-state index < -0.39 is 18.1 Å². The number of nitrogens with two attached hydrogens (primary N) is 1. The van der Waals surface area contributed by atoms with Gasteiger partial charge in [-0.15, -0.1) is 0 Å². The Hall–Kier alpha value is -1.56. The molecule has 0 saturated heterocycles. The Balaban J connectivity index is 1.89. The van der Waals surface area contributed by atoms with Crippen LogP contribution in [-0.4, -0.2) is 17.6 Å². The first-order chi connectivity index (χ1) is 8.78. The first-order valence-electron chi connectivity index (χ1n) is 6.05. The third-order valence-electron chi connectivity index (χ3n) is 3.15. The van der Waals surface area contributed by atoms with Crippen molar-refractivity contribution in [1.29, 1.82) is 0 Å². The highest BCUT2D eigenvalue weighted by Gasteiger charge is 2.45. The van der Waals surface area contributed by atoms with Crippen LogP contribution in [0.2, 0.25) is 0 Å². The molecule has 0 spiro atoms.